The summed E-state index contributed by atoms with van der Waals surface area (Å²) in [7, 11) is 1.86. The molecule has 1 aliphatic rings. The topological polar surface area (TPSA) is 21.3 Å². The standard InChI is InChI=1S/C17H33NO/c1-5-13-18-16(17(19-4)14(2)3)15-11-9-7-6-8-10-12-15/h11,14,16-18H,5-10,12-13H2,1-4H3. The van der Waals surface area contributed by atoms with Gasteiger partial charge in [0, 0.05) is 7.11 Å². The van der Waals surface area contributed by atoms with Gasteiger partial charge in [0.05, 0.1) is 12.1 Å². The van der Waals surface area contributed by atoms with Crippen molar-refractivity contribution in [2.45, 2.75) is 77.9 Å². The normalized spacial score (nSPS) is 20.6. The molecule has 0 spiro atoms. The Kier molecular flexibility index (Phi) is 8.40. The molecule has 0 bridgehead atoms. The van der Waals surface area contributed by atoms with Crippen molar-refractivity contribution in [3.63, 3.8) is 0 Å². The zero-order chi connectivity index (χ0) is 14.1. The summed E-state index contributed by atoms with van der Waals surface area (Å²) in [6, 6.07) is 0.406. The SMILES string of the molecule is CCCNC(C1=CCCCCCC1)C(OC)C(C)C. The summed E-state index contributed by atoms with van der Waals surface area (Å²) in [5.74, 6) is 0.547. The molecule has 0 amide bonds. The Morgan fingerprint density at radius 3 is 2.58 bits per heavy atom. The van der Waals surface area contributed by atoms with Crippen molar-refractivity contribution in [2.24, 2.45) is 5.92 Å². The number of ether oxygens (including phenoxy) is 1. The fourth-order valence-corrected chi connectivity index (χ4v) is 3.05. The van der Waals surface area contributed by atoms with E-state index in [4.69, 9.17) is 4.74 Å². The first kappa shape index (κ1) is 16.7. The van der Waals surface area contributed by atoms with E-state index in [0.29, 0.717) is 12.0 Å². The largest absolute Gasteiger partial charge is 0.379 e. The third-order valence-electron chi connectivity index (χ3n) is 4.10. The number of allylic oxidation sites excluding steroid dienone is 1. The molecule has 0 saturated carbocycles. The third kappa shape index (κ3) is 5.66. The Balaban J connectivity index is 2.79. The second-order valence-corrected chi connectivity index (χ2v) is 6.11. The molecule has 0 fully saturated rings. The van der Waals surface area contributed by atoms with Crippen LogP contribution < -0.4 is 5.32 Å². The minimum Gasteiger partial charge on any atom is -0.379 e. The Labute approximate surface area is 120 Å². The minimum absolute atomic E-state index is 0.289. The second kappa shape index (κ2) is 9.55. The number of nitrogens with one attached hydrogen (secondary N) is 1. The molecular weight excluding hydrogens is 234 g/mol. The molecule has 19 heavy (non-hydrogen) atoms. The van der Waals surface area contributed by atoms with Crippen molar-refractivity contribution in [1.29, 1.82) is 0 Å². The molecule has 1 N–H and O–H groups in total. The van der Waals surface area contributed by atoms with Gasteiger partial charge < -0.3 is 10.1 Å². The number of methoxy groups -OCH3 is 1. The average molecular weight is 267 g/mol. The molecular formula is C17H33NO. The van der Waals surface area contributed by atoms with Crippen LogP contribution in [0.4, 0.5) is 0 Å². The molecule has 0 heterocycles. The van der Waals surface area contributed by atoms with Gasteiger partial charge in [0.1, 0.15) is 0 Å². The maximum absolute atomic E-state index is 5.79. The molecule has 1 aliphatic carbocycles. The van der Waals surface area contributed by atoms with Crippen LogP contribution in [0, 0.1) is 5.92 Å². The summed E-state index contributed by atoms with van der Waals surface area (Å²) >= 11 is 0. The van der Waals surface area contributed by atoms with Gasteiger partial charge in [-0.1, -0.05) is 45.3 Å². The van der Waals surface area contributed by atoms with Crippen molar-refractivity contribution >= 4 is 0 Å². The molecule has 1 rings (SSSR count). The summed E-state index contributed by atoms with van der Waals surface area (Å²) in [5.41, 5.74) is 1.59. The van der Waals surface area contributed by atoms with Crippen molar-refractivity contribution in [3.05, 3.63) is 11.6 Å². The Bertz CT molecular complexity index is 260. The lowest BCUT2D eigenvalue weighted by molar-refractivity contribution is 0.0419. The van der Waals surface area contributed by atoms with E-state index < -0.39 is 0 Å². The van der Waals surface area contributed by atoms with E-state index in [2.05, 4.69) is 32.2 Å². The Morgan fingerprint density at radius 1 is 1.21 bits per heavy atom. The second-order valence-electron chi connectivity index (χ2n) is 6.11. The molecule has 0 aromatic heterocycles. The van der Waals surface area contributed by atoms with Gasteiger partial charge in [0.25, 0.3) is 0 Å². The fraction of sp³-hybridized carbons (Fsp3) is 0.882. The van der Waals surface area contributed by atoms with Crippen LogP contribution >= 0.6 is 0 Å². The molecule has 0 aromatic carbocycles. The summed E-state index contributed by atoms with van der Waals surface area (Å²) in [6.45, 7) is 7.83. The molecule has 0 radical (unpaired) electrons. The highest BCUT2D eigenvalue weighted by Crippen LogP contribution is 2.24. The first-order chi connectivity index (χ1) is 9.20. The first-order valence-corrected chi connectivity index (χ1v) is 8.15. The van der Waals surface area contributed by atoms with Crippen molar-refractivity contribution < 1.29 is 4.74 Å². The molecule has 0 saturated heterocycles. The first-order valence-electron chi connectivity index (χ1n) is 8.15. The van der Waals surface area contributed by atoms with Crippen LogP contribution in [0.2, 0.25) is 0 Å². The lowest BCUT2D eigenvalue weighted by Gasteiger charge is -2.32. The highest BCUT2D eigenvalue weighted by atomic mass is 16.5. The zero-order valence-corrected chi connectivity index (χ0v) is 13.4. The van der Waals surface area contributed by atoms with E-state index in [9.17, 15) is 0 Å². The summed E-state index contributed by atoms with van der Waals surface area (Å²) in [5, 5.41) is 3.73. The monoisotopic (exact) mass is 267 g/mol. The van der Waals surface area contributed by atoms with Gasteiger partial charge in [0.15, 0.2) is 0 Å². The van der Waals surface area contributed by atoms with Crippen LogP contribution in [0.25, 0.3) is 0 Å². The van der Waals surface area contributed by atoms with Gasteiger partial charge in [0.2, 0.25) is 0 Å². The smallest absolute Gasteiger partial charge is 0.0785 e. The van der Waals surface area contributed by atoms with E-state index in [1.165, 1.54) is 44.9 Å². The van der Waals surface area contributed by atoms with Crippen molar-refractivity contribution in [3.8, 4) is 0 Å². The molecule has 0 aliphatic heterocycles. The van der Waals surface area contributed by atoms with E-state index >= 15 is 0 Å². The van der Waals surface area contributed by atoms with Gasteiger partial charge in [-0.05, 0) is 44.6 Å². The summed E-state index contributed by atoms with van der Waals surface area (Å²) in [6.07, 6.45) is 11.9. The van der Waals surface area contributed by atoms with E-state index in [0.717, 1.165) is 6.54 Å². The van der Waals surface area contributed by atoms with Crippen LogP contribution in [0.15, 0.2) is 11.6 Å². The van der Waals surface area contributed by atoms with Crippen LogP contribution in [0.3, 0.4) is 0 Å². The highest BCUT2D eigenvalue weighted by molar-refractivity contribution is 5.14. The maximum Gasteiger partial charge on any atom is 0.0785 e. The van der Waals surface area contributed by atoms with Gasteiger partial charge in [-0.3, -0.25) is 0 Å². The van der Waals surface area contributed by atoms with Crippen LogP contribution in [0.5, 0.6) is 0 Å². The molecule has 2 unspecified atom stereocenters. The van der Waals surface area contributed by atoms with Gasteiger partial charge in [-0.15, -0.1) is 0 Å². The number of rotatable bonds is 7. The molecule has 112 valence electrons. The van der Waals surface area contributed by atoms with E-state index in [-0.39, 0.29) is 6.10 Å². The van der Waals surface area contributed by atoms with E-state index in [1.807, 2.05) is 7.11 Å². The quantitative estimate of drug-likeness (QED) is 0.694. The predicted octanol–water partition coefficient (Wildman–Crippen LogP) is 4.31. The fourth-order valence-electron chi connectivity index (χ4n) is 3.05. The van der Waals surface area contributed by atoms with Gasteiger partial charge in [-0.2, -0.15) is 0 Å². The Morgan fingerprint density at radius 2 is 1.95 bits per heavy atom. The summed E-state index contributed by atoms with van der Waals surface area (Å²) in [4.78, 5) is 0. The van der Waals surface area contributed by atoms with Gasteiger partial charge >= 0.3 is 0 Å². The number of hydrogen-bond donors (Lipinski definition) is 1. The summed E-state index contributed by atoms with van der Waals surface area (Å²) < 4.78 is 5.79. The molecule has 0 aromatic rings. The number of hydrogen-bond acceptors (Lipinski definition) is 2. The van der Waals surface area contributed by atoms with Crippen molar-refractivity contribution in [1.82, 2.24) is 5.32 Å². The maximum atomic E-state index is 5.79. The van der Waals surface area contributed by atoms with Crippen LogP contribution in [-0.2, 0) is 4.74 Å². The zero-order valence-electron chi connectivity index (χ0n) is 13.4. The average Bonchev–Trinajstić information content (AvgIpc) is 2.34. The van der Waals surface area contributed by atoms with Crippen LogP contribution in [0.1, 0.15) is 65.7 Å². The molecule has 2 atom stereocenters. The lowest BCUT2D eigenvalue weighted by Crippen LogP contribution is -2.45. The highest BCUT2D eigenvalue weighted by Gasteiger charge is 2.26. The van der Waals surface area contributed by atoms with E-state index in [1.54, 1.807) is 5.57 Å². The predicted molar refractivity (Wildman–Crippen MR) is 83.5 cm³/mol. The lowest BCUT2D eigenvalue weighted by atomic mass is 9.88. The minimum atomic E-state index is 0.289. The molecule has 2 heteroatoms. The van der Waals surface area contributed by atoms with Crippen LogP contribution in [-0.4, -0.2) is 25.8 Å². The Hall–Kier alpha value is -0.340. The van der Waals surface area contributed by atoms with Crippen molar-refractivity contribution in [2.75, 3.05) is 13.7 Å². The third-order valence-corrected chi connectivity index (χ3v) is 4.10. The molecule has 2 nitrogen and oxygen atoms in total. The van der Waals surface area contributed by atoms with Gasteiger partial charge in [-0.25, -0.2) is 0 Å².